The molecule has 0 unspecified atom stereocenters. The summed E-state index contributed by atoms with van der Waals surface area (Å²) < 4.78 is 10.5. The van der Waals surface area contributed by atoms with E-state index in [0.717, 1.165) is 37.9 Å². The first-order valence-corrected chi connectivity index (χ1v) is 6.62. The van der Waals surface area contributed by atoms with E-state index in [4.69, 9.17) is 9.47 Å². The molecular weight excluding hydrogens is 228 g/mol. The largest absolute Gasteiger partial charge is 0.385 e. The second-order valence-corrected chi connectivity index (χ2v) is 4.71. The molecular formula is C14H22N2O2. The first-order valence-electron chi connectivity index (χ1n) is 6.62. The van der Waals surface area contributed by atoms with Crippen molar-refractivity contribution in [2.24, 2.45) is 0 Å². The van der Waals surface area contributed by atoms with Crippen molar-refractivity contribution in [3.8, 4) is 0 Å². The molecule has 1 aliphatic rings. The van der Waals surface area contributed by atoms with Crippen molar-refractivity contribution < 1.29 is 9.47 Å². The lowest BCUT2D eigenvalue weighted by Gasteiger charge is -2.05. The second kappa shape index (κ2) is 7.46. The molecule has 0 bridgehead atoms. The molecule has 1 aromatic heterocycles. The average molecular weight is 250 g/mol. The third-order valence-corrected chi connectivity index (χ3v) is 2.95. The Morgan fingerprint density at radius 3 is 2.89 bits per heavy atom. The van der Waals surface area contributed by atoms with Crippen LogP contribution in [0.15, 0.2) is 18.3 Å². The molecule has 0 aromatic carbocycles. The van der Waals surface area contributed by atoms with E-state index in [1.165, 1.54) is 18.4 Å². The summed E-state index contributed by atoms with van der Waals surface area (Å²) in [4.78, 5) is 4.40. The van der Waals surface area contributed by atoms with Gasteiger partial charge in [0, 0.05) is 39.1 Å². The van der Waals surface area contributed by atoms with Crippen molar-refractivity contribution in [3.63, 3.8) is 0 Å². The van der Waals surface area contributed by atoms with Crippen LogP contribution in [0.25, 0.3) is 0 Å². The number of pyridine rings is 1. The Morgan fingerprint density at radius 2 is 2.22 bits per heavy atom. The van der Waals surface area contributed by atoms with Crippen LogP contribution in [0.5, 0.6) is 0 Å². The molecule has 0 aliphatic heterocycles. The van der Waals surface area contributed by atoms with Crippen LogP contribution >= 0.6 is 0 Å². The van der Waals surface area contributed by atoms with E-state index in [-0.39, 0.29) is 0 Å². The maximum atomic E-state index is 5.51. The SMILES string of the molecule is COCCCOCc1ccc(CNC2CC2)cn1. The first-order chi connectivity index (χ1) is 8.88. The van der Waals surface area contributed by atoms with E-state index in [1.54, 1.807) is 7.11 Å². The summed E-state index contributed by atoms with van der Waals surface area (Å²) in [6.45, 7) is 2.98. The minimum absolute atomic E-state index is 0.583. The van der Waals surface area contributed by atoms with Crippen LogP contribution in [0.2, 0.25) is 0 Å². The van der Waals surface area contributed by atoms with Gasteiger partial charge in [0.25, 0.3) is 0 Å². The van der Waals surface area contributed by atoms with Crippen LogP contribution in [-0.2, 0) is 22.6 Å². The van der Waals surface area contributed by atoms with Crippen LogP contribution in [0.3, 0.4) is 0 Å². The highest BCUT2D eigenvalue weighted by Gasteiger charge is 2.19. The Morgan fingerprint density at radius 1 is 1.33 bits per heavy atom. The average Bonchev–Trinajstić information content (AvgIpc) is 3.22. The quantitative estimate of drug-likeness (QED) is 0.680. The molecule has 1 fully saturated rings. The van der Waals surface area contributed by atoms with Gasteiger partial charge in [-0.1, -0.05) is 6.07 Å². The van der Waals surface area contributed by atoms with Gasteiger partial charge < -0.3 is 14.8 Å². The highest BCUT2D eigenvalue weighted by atomic mass is 16.5. The fourth-order valence-electron chi connectivity index (χ4n) is 1.68. The van der Waals surface area contributed by atoms with Gasteiger partial charge >= 0.3 is 0 Å². The Kier molecular flexibility index (Phi) is 5.58. The van der Waals surface area contributed by atoms with Gasteiger partial charge in [-0.05, 0) is 30.9 Å². The summed E-state index contributed by atoms with van der Waals surface area (Å²) >= 11 is 0. The van der Waals surface area contributed by atoms with E-state index in [0.29, 0.717) is 6.61 Å². The maximum Gasteiger partial charge on any atom is 0.0887 e. The molecule has 2 rings (SSSR count). The third-order valence-electron chi connectivity index (χ3n) is 2.95. The fourth-order valence-corrected chi connectivity index (χ4v) is 1.68. The molecule has 100 valence electrons. The lowest BCUT2D eigenvalue weighted by Crippen LogP contribution is -2.15. The normalized spacial score (nSPS) is 14.9. The van der Waals surface area contributed by atoms with Crippen molar-refractivity contribution in [2.75, 3.05) is 20.3 Å². The third kappa shape index (κ3) is 5.12. The lowest BCUT2D eigenvalue weighted by atomic mass is 10.2. The van der Waals surface area contributed by atoms with Gasteiger partial charge in [0.05, 0.1) is 12.3 Å². The summed E-state index contributed by atoms with van der Waals surface area (Å²) in [5, 5.41) is 3.47. The van der Waals surface area contributed by atoms with Crippen molar-refractivity contribution in [1.82, 2.24) is 10.3 Å². The van der Waals surface area contributed by atoms with Gasteiger partial charge in [-0.2, -0.15) is 0 Å². The van der Waals surface area contributed by atoms with E-state index in [2.05, 4.69) is 16.4 Å². The summed E-state index contributed by atoms with van der Waals surface area (Å²) in [5.41, 5.74) is 2.23. The first kappa shape index (κ1) is 13.5. The standard InChI is InChI=1S/C14H22N2O2/c1-17-7-2-8-18-11-14-4-3-12(10-16-14)9-15-13-5-6-13/h3-4,10,13,15H,2,5-9,11H2,1H3. The van der Waals surface area contributed by atoms with Crippen LogP contribution < -0.4 is 5.32 Å². The molecule has 1 heterocycles. The van der Waals surface area contributed by atoms with Gasteiger partial charge in [-0.3, -0.25) is 4.98 Å². The molecule has 0 spiro atoms. The van der Waals surface area contributed by atoms with Crippen LogP contribution in [0.4, 0.5) is 0 Å². The molecule has 1 saturated carbocycles. The van der Waals surface area contributed by atoms with Gasteiger partial charge in [0.2, 0.25) is 0 Å². The molecule has 4 heteroatoms. The van der Waals surface area contributed by atoms with Crippen LogP contribution in [0.1, 0.15) is 30.5 Å². The topological polar surface area (TPSA) is 43.4 Å². The van der Waals surface area contributed by atoms with Gasteiger partial charge in [0.15, 0.2) is 0 Å². The number of methoxy groups -OCH3 is 1. The van der Waals surface area contributed by atoms with Gasteiger partial charge in [0.1, 0.15) is 0 Å². The maximum absolute atomic E-state index is 5.51. The number of aromatic nitrogens is 1. The smallest absolute Gasteiger partial charge is 0.0887 e. The van der Waals surface area contributed by atoms with Crippen molar-refractivity contribution in [1.29, 1.82) is 0 Å². The number of nitrogens with zero attached hydrogens (tertiary/aromatic N) is 1. The van der Waals surface area contributed by atoms with E-state index < -0.39 is 0 Å². The number of ether oxygens (including phenoxy) is 2. The fraction of sp³-hybridized carbons (Fsp3) is 0.643. The van der Waals surface area contributed by atoms with Crippen molar-refractivity contribution >= 4 is 0 Å². The summed E-state index contributed by atoms with van der Waals surface area (Å²) in [6, 6.07) is 4.91. The number of nitrogens with one attached hydrogen (secondary N) is 1. The van der Waals surface area contributed by atoms with Crippen LogP contribution in [0, 0.1) is 0 Å². The molecule has 1 aromatic rings. The summed E-state index contributed by atoms with van der Waals surface area (Å²) in [7, 11) is 1.70. The number of hydrogen-bond acceptors (Lipinski definition) is 4. The Bertz CT molecular complexity index is 336. The minimum Gasteiger partial charge on any atom is -0.385 e. The zero-order chi connectivity index (χ0) is 12.6. The molecule has 1 N–H and O–H groups in total. The highest BCUT2D eigenvalue weighted by Crippen LogP contribution is 2.19. The number of rotatable bonds is 9. The Hall–Kier alpha value is -0.970. The monoisotopic (exact) mass is 250 g/mol. The Balaban J connectivity index is 1.63. The molecule has 0 saturated heterocycles. The molecule has 1 aliphatic carbocycles. The molecule has 4 nitrogen and oxygen atoms in total. The lowest BCUT2D eigenvalue weighted by molar-refractivity contribution is 0.0910. The van der Waals surface area contributed by atoms with Gasteiger partial charge in [-0.15, -0.1) is 0 Å². The highest BCUT2D eigenvalue weighted by molar-refractivity contribution is 5.13. The number of hydrogen-bond donors (Lipinski definition) is 1. The zero-order valence-corrected chi connectivity index (χ0v) is 11.0. The minimum atomic E-state index is 0.583. The van der Waals surface area contributed by atoms with Crippen molar-refractivity contribution in [3.05, 3.63) is 29.6 Å². The Labute approximate surface area is 109 Å². The van der Waals surface area contributed by atoms with Gasteiger partial charge in [-0.25, -0.2) is 0 Å². The molecule has 0 radical (unpaired) electrons. The predicted molar refractivity (Wildman–Crippen MR) is 70.2 cm³/mol. The van der Waals surface area contributed by atoms with Crippen molar-refractivity contribution in [2.45, 2.75) is 38.5 Å². The predicted octanol–water partition coefficient (Wildman–Crippen LogP) is 1.89. The molecule has 0 amide bonds. The van der Waals surface area contributed by atoms with E-state index >= 15 is 0 Å². The van der Waals surface area contributed by atoms with E-state index in [1.807, 2.05) is 12.3 Å². The summed E-state index contributed by atoms with van der Waals surface area (Å²) in [6.07, 6.45) is 5.50. The molecule has 0 atom stereocenters. The second-order valence-electron chi connectivity index (χ2n) is 4.71. The molecule has 18 heavy (non-hydrogen) atoms. The zero-order valence-electron chi connectivity index (χ0n) is 11.0. The van der Waals surface area contributed by atoms with Crippen LogP contribution in [-0.4, -0.2) is 31.3 Å². The van der Waals surface area contributed by atoms with E-state index in [9.17, 15) is 0 Å². The summed E-state index contributed by atoms with van der Waals surface area (Å²) in [5.74, 6) is 0.